The SMILES string of the molecule is O=C(NCCNc1ccccc1[N+](=O)[O-])c1cc(F)cc2[nH]c(=S)[nH]c12. The predicted molar refractivity (Wildman–Crippen MR) is 97.4 cm³/mol. The van der Waals surface area contributed by atoms with Crippen molar-refractivity contribution >= 4 is 40.5 Å². The summed E-state index contributed by atoms with van der Waals surface area (Å²) in [5.41, 5.74) is 1.25. The summed E-state index contributed by atoms with van der Waals surface area (Å²) in [6, 6.07) is 8.57. The summed E-state index contributed by atoms with van der Waals surface area (Å²) in [5.74, 6) is -1.05. The van der Waals surface area contributed by atoms with E-state index in [2.05, 4.69) is 20.6 Å². The van der Waals surface area contributed by atoms with Crippen molar-refractivity contribution in [2.75, 3.05) is 18.4 Å². The van der Waals surface area contributed by atoms with Gasteiger partial charge in [0.1, 0.15) is 11.5 Å². The molecule has 2 aromatic carbocycles. The zero-order chi connectivity index (χ0) is 18.7. The van der Waals surface area contributed by atoms with Crippen LogP contribution < -0.4 is 10.6 Å². The first-order chi connectivity index (χ1) is 12.5. The first-order valence-corrected chi connectivity index (χ1v) is 8.03. The molecule has 134 valence electrons. The van der Waals surface area contributed by atoms with Gasteiger partial charge >= 0.3 is 0 Å². The van der Waals surface area contributed by atoms with E-state index in [-0.39, 0.29) is 29.1 Å². The third kappa shape index (κ3) is 3.70. The molecule has 1 aromatic heterocycles. The Labute approximate surface area is 151 Å². The summed E-state index contributed by atoms with van der Waals surface area (Å²) >= 11 is 4.97. The molecular formula is C16H14FN5O3S. The molecular weight excluding hydrogens is 361 g/mol. The van der Waals surface area contributed by atoms with Gasteiger partial charge in [0.2, 0.25) is 0 Å². The summed E-state index contributed by atoms with van der Waals surface area (Å²) in [6.07, 6.45) is 0. The molecule has 10 heteroatoms. The maximum absolute atomic E-state index is 13.7. The predicted octanol–water partition coefficient (Wildman–Crippen LogP) is 3.11. The lowest BCUT2D eigenvalue weighted by Gasteiger charge is -2.09. The highest BCUT2D eigenvalue weighted by atomic mass is 32.1. The number of fused-ring (bicyclic) bond motifs is 1. The van der Waals surface area contributed by atoms with Crippen LogP contribution in [0.15, 0.2) is 36.4 Å². The minimum atomic E-state index is -0.564. The number of para-hydroxylation sites is 2. The lowest BCUT2D eigenvalue weighted by atomic mass is 10.1. The van der Waals surface area contributed by atoms with Crippen LogP contribution in [0.3, 0.4) is 0 Å². The highest BCUT2D eigenvalue weighted by Gasteiger charge is 2.14. The maximum atomic E-state index is 13.7. The van der Waals surface area contributed by atoms with Gasteiger partial charge in [-0.3, -0.25) is 14.9 Å². The summed E-state index contributed by atoms with van der Waals surface area (Å²) in [7, 11) is 0. The van der Waals surface area contributed by atoms with Crippen LogP contribution >= 0.6 is 12.2 Å². The molecule has 0 fully saturated rings. The Morgan fingerprint density at radius 3 is 2.77 bits per heavy atom. The Morgan fingerprint density at radius 2 is 2.00 bits per heavy atom. The fourth-order valence-corrected chi connectivity index (χ4v) is 2.75. The number of aromatic amines is 2. The summed E-state index contributed by atoms with van der Waals surface area (Å²) in [6.45, 7) is 0.451. The second kappa shape index (κ2) is 7.31. The lowest BCUT2D eigenvalue weighted by molar-refractivity contribution is -0.384. The number of benzene rings is 2. The molecule has 1 heterocycles. The number of halogens is 1. The Kier molecular flexibility index (Phi) is 4.94. The fourth-order valence-electron chi connectivity index (χ4n) is 2.54. The fraction of sp³-hybridized carbons (Fsp3) is 0.125. The molecule has 0 saturated carbocycles. The van der Waals surface area contributed by atoms with E-state index in [0.717, 1.165) is 6.07 Å². The molecule has 0 aliphatic carbocycles. The van der Waals surface area contributed by atoms with Crippen LogP contribution in [0.1, 0.15) is 10.4 Å². The number of amides is 1. The van der Waals surface area contributed by atoms with Gasteiger partial charge in [-0.25, -0.2) is 4.39 Å². The van der Waals surface area contributed by atoms with Gasteiger partial charge in [-0.15, -0.1) is 0 Å². The van der Waals surface area contributed by atoms with Crippen LogP contribution in [0.5, 0.6) is 0 Å². The Bertz CT molecular complexity index is 1050. The lowest BCUT2D eigenvalue weighted by Crippen LogP contribution is -2.29. The van der Waals surface area contributed by atoms with Gasteiger partial charge in [0.05, 0.1) is 21.5 Å². The average Bonchev–Trinajstić information content (AvgIpc) is 2.97. The number of carbonyl (C=O) groups is 1. The highest BCUT2D eigenvalue weighted by molar-refractivity contribution is 7.71. The van der Waals surface area contributed by atoms with Crippen LogP contribution in [-0.2, 0) is 0 Å². The molecule has 0 unspecified atom stereocenters. The van der Waals surface area contributed by atoms with Crippen molar-refractivity contribution in [1.29, 1.82) is 0 Å². The van der Waals surface area contributed by atoms with E-state index < -0.39 is 16.6 Å². The van der Waals surface area contributed by atoms with Crippen molar-refractivity contribution in [2.45, 2.75) is 0 Å². The van der Waals surface area contributed by atoms with Crippen molar-refractivity contribution in [3.8, 4) is 0 Å². The van der Waals surface area contributed by atoms with Gasteiger partial charge in [-0.2, -0.15) is 0 Å². The molecule has 8 nitrogen and oxygen atoms in total. The van der Waals surface area contributed by atoms with Gasteiger partial charge in [0.25, 0.3) is 11.6 Å². The number of nitrogens with one attached hydrogen (secondary N) is 4. The number of nitro benzene ring substituents is 1. The van der Waals surface area contributed by atoms with E-state index >= 15 is 0 Å². The zero-order valence-corrected chi connectivity index (χ0v) is 14.2. The smallest absolute Gasteiger partial charge is 0.292 e. The monoisotopic (exact) mass is 375 g/mol. The van der Waals surface area contributed by atoms with Crippen molar-refractivity contribution in [1.82, 2.24) is 15.3 Å². The van der Waals surface area contributed by atoms with Gasteiger partial charge in [-0.1, -0.05) is 12.1 Å². The molecule has 26 heavy (non-hydrogen) atoms. The summed E-state index contributed by atoms with van der Waals surface area (Å²) in [5, 5.41) is 16.5. The molecule has 0 atom stereocenters. The second-order valence-electron chi connectivity index (χ2n) is 5.41. The topological polar surface area (TPSA) is 116 Å². The van der Waals surface area contributed by atoms with Crippen LogP contribution in [0, 0.1) is 20.7 Å². The normalized spacial score (nSPS) is 10.7. The van der Waals surface area contributed by atoms with E-state index in [1.54, 1.807) is 18.2 Å². The maximum Gasteiger partial charge on any atom is 0.292 e. The molecule has 0 saturated heterocycles. The minimum Gasteiger partial charge on any atom is -0.378 e. The molecule has 3 aromatic rings. The number of carbonyl (C=O) groups excluding carboxylic acids is 1. The van der Waals surface area contributed by atoms with E-state index in [0.29, 0.717) is 16.7 Å². The number of nitrogens with zero attached hydrogens (tertiary/aromatic N) is 1. The van der Waals surface area contributed by atoms with Crippen LogP contribution in [0.25, 0.3) is 11.0 Å². The Balaban J connectivity index is 1.65. The quantitative estimate of drug-likeness (QED) is 0.229. The van der Waals surface area contributed by atoms with E-state index in [1.807, 2.05) is 0 Å². The first kappa shape index (κ1) is 17.5. The van der Waals surface area contributed by atoms with Crippen LogP contribution in [0.2, 0.25) is 0 Å². The number of hydrogen-bond acceptors (Lipinski definition) is 5. The summed E-state index contributed by atoms with van der Waals surface area (Å²) in [4.78, 5) is 28.4. The zero-order valence-electron chi connectivity index (χ0n) is 13.3. The van der Waals surface area contributed by atoms with Crippen molar-refractivity contribution in [2.24, 2.45) is 0 Å². The van der Waals surface area contributed by atoms with Gasteiger partial charge < -0.3 is 20.6 Å². The van der Waals surface area contributed by atoms with E-state index in [4.69, 9.17) is 12.2 Å². The first-order valence-electron chi connectivity index (χ1n) is 7.63. The molecule has 0 spiro atoms. The van der Waals surface area contributed by atoms with Gasteiger partial charge in [0.15, 0.2) is 4.77 Å². The van der Waals surface area contributed by atoms with Crippen molar-refractivity contribution in [3.63, 3.8) is 0 Å². The standard InChI is InChI=1S/C16H14FN5O3S/c17-9-7-10(14-12(8-9)20-16(26)21-14)15(23)19-6-5-18-11-3-1-2-4-13(11)22(24)25/h1-4,7-8,18H,5-6H2,(H,19,23)(H2,20,21,26). The van der Waals surface area contributed by atoms with Crippen molar-refractivity contribution in [3.05, 3.63) is 62.7 Å². The molecule has 0 aliphatic heterocycles. The third-order valence-corrected chi connectivity index (χ3v) is 3.87. The summed E-state index contributed by atoms with van der Waals surface area (Å²) < 4.78 is 14.0. The molecule has 4 N–H and O–H groups in total. The number of rotatable bonds is 6. The molecule has 3 rings (SSSR count). The molecule has 0 aliphatic rings. The molecule has 0 radical (unpaired) electrons. The van der Waals surface area contributed by atoms with Crippen molar-refractivity contribution < 1.29 is 14.1 Å². The van der Waals surface area contributed by atoms with E-state index in [9.17, 15) is 19.3 Å². The van der Waals surface area contributed by atoms with Crippen LogP contribution in [0.4, 0.5) is 15.8 Å². The van der Waals surface area contributed by atoms with Crippen LogP contribution in [-0.4, -0.2) is 33.9 Å². The van der Waals surface area contributed by atoms with Gasteiger partial charge in [0, 0.05) is 19.2 Å². The minimum absolute atomic E-state index is 0.0504. The number of imidazole rings is 1. The highest BCUT2D eigenvalue weighted by Crippen LogP contribution is 2.22. The second-order valence-corrected chi connectivity index (χ2v) is 5.82. The number of H-pyrrole nitrogens is 2. The molecule has 1 amide bonds. The average molecular weight is 375 g/mol. The largest absolute Gasteiger partial charge is 0.378 e. The Morgan fingerprint density at radius 1 is 1.23 bits per heavy atom. The number of anilines is 1. The van der Waals surface area contributed by atoms with Gasteiger partial charge in [-0.05, 0) is 30.4 Å². The number of nitro groups is 1. The third-order valence-electron chi connectivity index (χ3n) is 3.66. The van der Waals surface area contributed by atoms with E-state index in [1.165, 1.54) is 12.1 Å². The number of hydrogen-bond donors (Lipinski definition) is 4. The Hall–Kier alpha value is -3.27. The molecule has 0 bridgehead atoms. The number of aromatic nitrogens is 2.